The molecule has 0 radical (unpaired) electrons. The summed E-state index contributed by atoms with van der Waals surface area (Å²) < 4.78 is 0. The lowest BCUT2D eigenvalue weighted by atomic mass is 10.1. The van der Waals surface area contributed by atoms with Gasteiger partial charge >= 0.3 is 0 Å². The maximum atomic E-state index is 6.10. The lowest BCUT2D eigenvalue weighted by Crippen LogP contribution is -2.31. The fraction of sp³-hybridized carbons (Fsp3) is 0.250. The smallest absolute Gasteiger partial charge is 0.137 e. The van der Waals surface area contributed by atoms with Gasteiger partial charge in [0, 0.05) is 31.3 Å². The molecule has 0 saturated heterocycles. The van der Waals surface area contributed by atoms with Crippen LogP contribution in [0.15, 0.2) is 30.7 Å². The molecule has 17 heavy (non-hydrogen) atoms. The van der Waals surface area contributed by atoms with E-state index in [4.69, 9.17) is 11.6 Å². The summed E-state index contributed by atoms with van der Waals surface area (Å²) in [5.41, 5.74) is 2.07. The van der Waals surface area contributed by atoms with Crippen LogP contribution < -0.4 is 4.90 Å². The molecule has 5 heteroatoms. The van der Waals surface area contributed by atoms with Crippen LogP contribution in [0.5, 0.6) is 0 Å². The summed E-state index contributed by atoms with van der Waals surface area (Å²) in [4.78, 5) is 14.8. The molecule has 4 nitrogen and oxygen atoms in total. The van der Waals surface area contributed by atoms with E-state index in [1.54, 1.807) is 6.20 Å². The van der Waals surface area contributed by atoms with Crippen molar-refractivity contribution in [2.24, 2.45) is 0 Å². The van der Waals surface area contributed by atoms with Gasteiger partial charge in [-0.05, 0) is 12.1 Å². The summed E-state index contributed by atoms with van der Waals surface area (Å²) in [5, 5.41) is 0.552. The Kier molecular flexibility index (Phi) is 2.65. The third-order valence-electron chi connectivity index (χ3n) is 2.92. The first kappa shape index (κ1) is 10.5. The first-order valence-corrected chi connectivity index (χ1v) is 5.86. The second kappa shape index (κ2) is 4.30. The molecule has 3 rings (SSSR count). The SMILES string of the molecule is Clc1ncnc2c1CN(c1ccccn1)CC2. The van der Waals surface area contributed by atoms with Crippen LogP contribution >= 0.6 is 11.6 Å². The molecule has 0 aliphatic carbocycles. The number of hydrogen-bond acceptors (Lipinski definition) is 4. The van der Waals surface area contributed by atoms with Gasteiger partial charge in [0.1, 0.15) is 17.3 Å². The van der Waals surface area contributed by atoms with Crippen molar-refractivity contribution in [2.45, 2.75) is 13.0 Å². The van der Waals surface area contributed by atoms with E-state index in [-0.39, 0.29) is 0 Å². The number of pyridine rings is 1. The van der Waals surface area contributed by atoms with E-state index in [1.807, 2.05) is 18.2 Å². The van der Waals surface area contributed by atoms with Crippen molar-refractivity contribution in [3.63, 3.8) is 0 Å². The van der Waals surface area contributed by atoms with E-state index in [0.29, 0.717) is 5.15 Å². The van der Waals surface area contributed by atoms with Crippen LogP contribution in [0.1, 0.15) is 11.3 Å². The number of aromatic nitrogens is 3. The first-order valence-electron chi connectivity index (χ1n) is 5.49. The molecule has 1 aliphatic rings. The summed E-state index contributed by atoms with van der Waals surface area (Å²) in [6.45, 7) is 1.64. The van der Waals surface area contributed by atoms with E-state index in [2.05, 4.69) is 19.9 Å². The Morgan fingerprint density at radius 3 is 2.94 bits per heavy atom. The van der Waals surface area contributed by atoms with E-state index < -0.39 is 0 Å². The van der Waals surface area contributed by atoms with Crippen molar-refractivity contribution < 1.29 is 0 Å². The van der Waals surface area contributed by atoms with Gasteiger partial charge in [-0.25, -0.2) is 15.0 Å². The maximum Gasteiger partial charge on any atom is 0.137 e. The number of rotatable bonds is 1. The number of hydrogen-bond donors (Lipinski definition) is 0. The van der Waals surface area contributed by atoms with E-state index >= 15 is 0 Å². The van der Waals surface area contributed by atoms with Gasteiger partial charge in [-0.1, -0.05) is 17.7 Å². The van der Waals surface area contributed by atoms with Crippen LogP contribution in [0, 0.1) is 0 Å². The Morgan fingerprint density at radius 2 is 2.12 bits per heavy atom. The lowest BCUT2D eigenvalue weighted by Gasteiger charge is -2.29. The number of anilines is 1. The Hall–Kier alpha value is -1.68. The Balaban J connectivity index is 1.93. The summed E-state index contributed by atoms with van der Waals surface area (Å²) in [7, 11) is 0. The quantitative estimate of drug-likeness (QED) is 0.723. The van der Waals surface area contributed by atoms with Gasteiger partial charge in [0.05, 0.1) is 5.69 Å². The van der Waals surface area contributed by atoms with Gasteiger partial charge < -0.3 is 4.90 Å². The van der Waals surface area contributed by atoms with Crippen LogP contribution in [-0.4, -0.2) is 21.5 Å². The van der Waals surface area contributed by atoms with Gasteiger partial charge in [0.2, 0.25) is 0 Å². The highest BCUT2D eigenvalue weighted by Crippen LogP contribution is 2.25. The standard InChI is InChI=1S/C12H11ClN4/c13-12-9-7-17(11-3-1-2-5-14-11)6-4-10(9)15-8-16-12/h1-3,5,8H,4,6-7H2. The fourth-order valence-corrected chi connectivity index (χ4v) is 2.26. The van der Waals surface area contributed by atoms with Gasteiger partial charge in [-0.15, -0.1) is 0 Å². The molecule has 3 heterocycles. The van der Waals surface area contributed by atoms with Crippen LogP contribution in [0.3, 0.4) is 0 Å². The highest BCUT2D eigenvalue weighted by Gasteiger charge is 2.20. The Morgan fingerprint density at radius 1 is 1.18 bits per heavy atom. The predicted molar refractivity (Wildman–Crippen MR) is 66.0 cm³/mol. The van der Waals surface area contributed by atoms with Crippen molar-refractivity contribution in [1.82, 2.24) is 15.0 Å². The van der Waals surface area contributed by atoms with E-state index in [1.165, 1.54) is 6.33 Å². The third kappa shape index (κ3) is 1.96. The fourth-order valence-electron chi connectivity index (χ4n) is 2.04. The molecule has 0 fully saturated rings. The highest BCUT2D eigenvalue weighted by atomic mass is 35.5. The zero-order valence-corrected chi connectivity index (χ0v) is 9.93. The first-order chi connectivity index (χ1) is 8.34. The van der Waals surface area contributed by atoms with Crippen LogP contribution in [0.25, 0.3) is 0 Å². The zero-order valence-electron chi connectivity index (χ0n) is 9.17. The summed E-state index contributed by atoms with van der Waals surface area (Å²) >= 11 is 6.10. The molecule has 0 saturated carbocycles. The monoisotopic (exact) mass is 246 g/mol. The second-order valence-electron chi connectivity index (χ2n) is 3.95. The third-order valence-corrected chi connectivity index (χ3v) is 3.25. The molecule has 0 bridgehead atoms. The van der Waals surface area contributed by atoms with Crippen molar-refractivity contribution >= 4 is 17.4 Å². The summed E-state index contributed by atoms with van der Waals surface area (Å²) in [6.07, 6.45) is 4.21. The van der Waals surface area contributed by atoms with Gasteiger partial charge in [0.15, 0.2) is 0 Å². The molecule has 86 valence electrons. The molecule has 0 atom stereocenters. The minimum atomic E-state index is 0.552. The number of nitrogens with zero attached hydrogens (tertiary/aromatic N) is 4. The topological polar surface area (TPSA) is 41.9 Å². The van der Waals surface area contributed by atoms with Crippen LogP contribution in [-0.2, 0) is 13.0 Å². The van der Waals surface area contributed by atoms with Crippen molar-refractivity contribution in [2.75, 3.05) is 11.4 Å². The van der Waals surface area contributed by atoms with E-state index in [0.717, 1.165) is 36.6 Å². The maximum absolute atomic E-state index is 6.10. The molecule has 0 aromatic carbocycles. The minimum Gasteiger partial charge on any atom is -0.352 e. The molecule has 0 unspecified atom stereocenters. The zero-order chi connectivity index (χ0) is 11.7. The Bertz CT molecular complexity index is 529. The lowest BCUT2D eigenvalue weighted by molar-refractivity contribution is 0.696. The van der Waals surface area contributed by atoms with Crippen molar-refractivity contribution in [3.8, 4) is 0 Å². The average Bonchev–Trinajstić information content (AvgIpc) is 2.40. The van der Waals surface area contributed by atoms with E-state index in [9.17, 15) is 0 Å². The van der Waals surface area contributed by atoms with Crippen molar-refractivity contribution in [3.05, 3.63) is 47.1 Å². The van der Waals surface area contributed by atoms with Gasteiger partial charge in [-0.2, -0.15) is 0 Å². The molecular weight excluding hydrogens is 236 g/mol. The largest absolute Gasteiger partial charge is 0.352 e. The minimum absolute atomic E-state index is 0.552. The molecule has 1 aliphatic heterocycles. The van der Waals surface area contributed by atoms with Crippen LogP contribution in [0.2, 0.25) is 5.15 Å². The molecule has 2 aromatic rings. The predicted octanol–water partition coefficient (Wildman–Crippen LogP) is 2.09. The average molecular weight is 247 g/mol. The highest BCUT2D eigenvalue weighted by molar-refractivity contribution is 6.30. The summed E-state index contributed by atoms with van der Waals surface area (Å²) in [6, 6.07) is 5.90. The molecule has 0 N–H and O–H groups in total. The van der Waals surface area contributed by atoms with Crippen LogP contribution in [0.4, 0.5) is 5.82 Å². The number of halogens is 1. The second-order valence-corrected chi connectivity index (χ2v) is 4.31. The summed E-state index contributed by atoms with van der Waals surface area (Å²) in [5.74, 6) is 0.970. The molecule has 0 amide bonds. The Labute approximate surface area is 104 Å². The molecule has 0 spiro atoms. The van der Waals surface area contributed by atoms with Crippen molar-refractivity contribution in [1.29, 1.82) is 0 Å². The number of fused-ring (bicyclic) bond motifs is 1. The normalized spacial score (nSPS) is 14.5. The molecular formula is C12H11ClN4. The molecule has 2 aromatic heterocycles. The van der Waals surface area contributed by atoms with Gasteiger partial charge in [0.25, 0.3) is 0 Å². The van der Waals surface area contributed by atoms with Gasteiger partial charge in [-0.3, -0.25) is 0 Å².